The second kappa shape index (κ2) is 9.47. The highest BCUT2D eigenvalue weighted by atomic mass is 16.5. The van der Waals surface area contributed by atoms with Crippen LogP contribution in [0.2, 0.25) is 0 Å². The molecule has 0 saturated carbocycles. The topological polar surface area (TPSA) is 84.7 Å². The number of ether oxygens (including phenoxy) is 1. The van der Waals surface area contributed by atoms with Gasteiger partial charge in [0.25, 0.3) is 5.91 Å². The summed E-state index contributed by atoms with van der Waals surface area (Å²) < 4.78 is 10.9. The maximum absolute atomic E-state index is 12.7. The smallest absolute Gasteiger partial charge is 0.254 e. The van der Waals surface area contributed by atoms with E-state index in [4.69, 9.17) is 9.26 Å². The van der Waals surface area contributed by atoms with Crippen molar-refractivity contribution in [2.24, 2.45) is 0 Å². The first-order chi connectivity index (χ1) is 14.8. The molecule has 0 spiro atoms. The molecule has 0 unspecified atom stereocenters. The molecule has 7 nitrogen and oxygen atoms in total. The molecule has 1 N–H and O–H groups in total. The Kier molecular flexibility index (Phi) is 6.74. The normalized spacial score (nSPS) is 10.6. The van der Waals surface area contributed by atoms with E-state index < -0.39 is 0 Å². The van der Waals surface area contributed by atoms with Crippen molar-refractivity contribution < 1.29 is 18.8 Å². The Morgan fingerprint density at radius 2 is 1.77 bits per heavy atom. The number of amides is 2. The number of carbonyl (C=O) groups excluding carboxylic acids is 2. The summed E-state index contributed by atoms with van der Waals surface area (Å²) >= 11 is 0. The molecule has 0 aliphatic heterocycles. The SMILES string of the molecule is Cc1cccc(NC(=O)CN(C)C(=O)c2ccc(OCc3c(C)noc3C)cc2)c1C. The summed E-state index contributed by atoms with van der Waals surface area (Å²) in [7, 11) is 1.60. The average Bonchev–Trinajstić information content (AvgIpc) is 3.07. The van der Waals surface area contributed by atoms with Crippen molar-refractivity contribution in [3.63, 3.8) is 0 Å². The number of aromatic nitrogens is 1. The van der Waals surface area contributed by atoms with Gasteiger partial charge in [0.15, 0.2) is 0 Å². The number of benzene rings is 2. The third kappa shape index (κ3) is 5.31. The Morgan fingerprint density at radius 3 is 2.42 bits per heavy atom. The number of aryl methyl sites for hydroxylation is 3. The monoisotopic (exact) mass is 421 g/mol. The predicted octanol–water partition coefficient (Wildman–Crippen LogP) is 4.20. The van der Waals surface area contributed by atoms with Crippen LogP contribution in [0.4, 0.5) is 5.69 Å². The van der Waals surface area contributed by atoms with Gasteiger partial charge < -0.3 is 19.5 Å². The molecule has 2 aromatic carbocycles. The van der Waals surface area contributed by atoms with Gasteiger partial charge in [-0.1, -0.05) is 17.3 Å². The van der Waals surface area contributed by atoms with Crippen LogP contribution in [0, 0.1) is 27.7 Å². The number of hydrogen-bond acceptors (Lipinski definition) is 5. The molecule has 0 aliphatic carbocycles. The minimum atomic E-state index is -0.246. The van der Waals surface area contributed by atoms with Crippen molar-refractivity contribution in [2.45, 2.75) is 34.3 Å². The third-order valence-electron chi connectivity index (χ3n) is 5.27. The Labute approximate surface area is 182 Å². The Morgan fingerprint density at radius 1 is 1.06 bits per heavy atom. The number of nitrogens with zero attached hydrogens (tertiary/aromatic N) is 2. The summed E-state index contributed by atoms with van der Waals surface area (Å²) in [5.74, 6) is 0.870. The quantitative estimate of drug-likeness (QED) is 0.618. The van der Waals surface area contributed by atoms with Gasteiger partial charge in [0.05, 0.1) is 17.8 Å². The molecule has 0 aliphatic rings. The largest absolute Gasteiger partial charge is 0.489 e. The van der Waals surface area contributed by atoms with Crippen LogP contribution < -0.4 is 10.1 Å². The van der Waals surface area contributed by atoms with Crippen LogP contribution in [-0.2, 0) is 11.4 Å². The molecule has 1 heterocycles. The summed E-state index contributed by atoms with van der Waals surface area (Å²) in [4.78, 5) is 26.5. The molecule has 31 heavy (non-hydrogen) atoms. The summed E-state index contributed by atoms with van der Waals surface area (Å²) in [6.45, 7) is 7.94. The maximum Gasteiger partial charge on any atom is 0.254 e. The number of anilines is 1. The number of hydrogen-bond donors (Lipinski definition) is 1. The van der Waals surface area contributed by atoms with Crippen LogP contribution in [0.25, 0.3) is 0 Å². The van der Waals surface area contributed by atoms with E-state index in [0.717, 1.165) is 33.8 Å². The summed E-state index contributed by atoms with van der Waals surface area (Å²) in [5, 5.41) is 6.78. The molecule has 7 heteroatoms. The van der Waals surface area contributed by atoms with Crippen molar-refractivity contribution in [3.05, 3.63) is 76.2 Å². The number of rotatable bonds is 7. The lowest BCUT2D eigenvalue weighted by molar-refractivity contribution is -0.116. The molecular formula is C24H27N3O4. The van der Waals surface area contributed by atoms with Gasteiger partial charge >= 0.3 is 0 Å². The molecule has 0 bridgehead atoms. The standard InChI is InChI=1S/C24H27N3O4/c1-15-7-6-8-22(16(15)2)25-23(28)13-27(5)24(29)19-9-11-20(12-10-19)30-14-21-17(3)26-31-18(21)4/h6-12H,13-14H2,1-5H3,(H,25,28). The van der Waals surface area contributed by atoms with Crippen LogP contribution in [0.1, 0.15) is 38.5 Å². The highest BCUT2D eigenvalue weighted by molar-refractivity contribution is 5.99. The van der Waals surface area contributed by atoms with E-state index in [1.54, 1.807) is 31.3 Å². The zero-order chi connectivity index (χ0) is 22.5. The average molecular weight is 421 g/mol. The fourth-order valence-electron chi connectivity index (χ4n) is 3.14. The van der Waals surface area contributed by atoms with Crippen LogP contribution in [0.15, 0.2) is 47.0 Å². The highest BCUT2D eigenvalue weighted by Crippen LogP contribution is 2.19. The number of carbonyl (C=O) groups is 2. The van der Waals surface area contributed by atoms with Crippen molar-refractivity contribution >= 4 is 17.5 Å². The van der Waals surface area contributed by atoms with Gasteiger partial charge in [0, 0.05) is 18.3 Å². The fourth-order valence-corrected chi connectivity index (χ4v) is 3.14. The second-order valence-corrected chi connectivity index (χ2v) is 7.57. The van der Waals surface area contributed by atoms with E-state index in [1.165, 1.54) is 4.90 Å². The molecule has 0 saturated heterocycles. The van der Waals surface area contributed by atoms with Gasteiger partial charge in [-0.05, 0) is 69.2 Å². The van der Waals surface area contributed by atoms with Crippen LogP contribution in [-0.4, -0.2) is 35.5 Å². The molecular weight excluding hydrogens is 394 g/mol. The Balaban J connectivity index is 1.56. The van der Waals surface area contributed by atoms with Gasteiger partial charge in [0.2, 0.25) is 5.91 Å². The van der Waals surface area contributed by atoms with E-state index in [1.807, 2.05) is 45.9 Å². The molecule has 3 aromatic rings. The van der Waals surface area contributed by atoms with Crippen LogP contribution >= 0.6 is 0 Å². The fraction of sp³-hybridized carbons (Fsp3) is 0.292. The van der Waals surface area contributed by atoms with Gasteiger partial charge in [-0.3, -0.25) is 9.59 Å². The number of likely N-dealkylation sites (N-methyl/N-ethyl adjacent to an activating group) is 1. The first-order valence-corrected chi connectivity index (χ1v) is 10.0. The van der Waals surface area contributed by atoms with Crippen molar-refractivity contribution in [2.75, 3.05) is 18.9 Å². The first-order valence-electron chi connectivity index (χ1n) is 10.0. The molecule has 1 aromatic heterocycles. The lowest BCUT2D eigenvalue weighted by Crippen LogP contribution is -2.35. The van der Waals surface area contributed by atoms with Crippen molar-refractivity contribution in [1.82, 2.24) is 10.1 Å². The zero-order valence-electron chi connectivity index (χ0n) is 18.5. The van der Waals surface area contributed by atoms with Crippen LogP contribution in [0.3, 0.4) is 0 Å². The lowest BCUT2D eigenvalue weighted by atomic mass is 10.1. The minimum absolute atomic E-state index is 0.0451. The first kappa shape index (κ1) is 22.1. The molecule has 3 rings (SSSR count). The van der Waals surface area contributed by atoms with E-state index in [0.29, 0.717) is 17.9 Å². The van der Waals surface area contributed by atoms with Gasteiger partial charge in [-0.15, -0.1) is 0 Å². The second-order valence-electron chi connectivity index (χ2n) is 7.57. The lowest BCUT2D eigenvalue weighted by Gasteiger charge is -2.18. The van der Waals surface area contributed by atoms with Crippen LogP contribution in [0.5, 0.6) is 5.75 Å². The van der Waals surface area contributed by atoms with Gasteiger partial charge in [-0.2, -0.15) is 0 Å². The van der Waals surface area contributed by atoms with Crippen molar-refractivity contribution in [3.8, 4) is 5.75 Å². The van der Waals surface area contributed by atoms with Gasteiger partial charge in [0.1, 0.15) is 18.1 Å². The maximum atomic E-state index is 12.7. The minimum Gasteiger partial charge on any atom is -0.489 e. The van der Waals surface area contributed by atoms with Gasteiger partial charge in [-0.25, -0.2) is 0 Å². The van der Waals surface area contributed by atoms with E-state index in [9.17, 15) is 9.59 Å². The Hall–Kier alpha value is -3.61. The third-order valence-corrected chi connectivity index (χ3v) is 5.27. The van der Waals surface area contributed by atoms with E-state index >= 15 is 0 Å². The van der Waals surface area contributed by atoms with E-state index in [-0.39, 0.29) is 18.4 Å². The molecule has 0 fully saturated rings. The molecule has 0 radical (unpaired) electrons. The predicted molar refractivity (Wildman–Crippen MR) is 118 cm³/mol. The van der Waals surface area contributed by atoms with E-state index in [2.05, 4.69) is 10.5 Å². The number of nitrogens with one attached hydrogen (secondary N) is 1. The van der Waals surface area contributed by atoms with Crippen molar-refractivity contribution in [1.29, 1.82) is 0 Å². The summed E-state index contributed by atoms with van der Waals surface area (Å²) in [6.07, 6.45) is 0. The zero-order valence-corrected chi connectivity index (χ0v) is 18.5. The Bertz CT molecular complexity index is 1070. The molecule has 0 atom stereocenters. The molecule has 2 amide bonds. The molecule has 162 valence electrons. The summed E-state index contributed by atoms with van der Waals surface area (Å²) in [5.41, 5.74) is 5.05. The highest BCUT2D eigenvalue weighted by Gasteiger charge is 2.16. The summed E-state index contributed by atoms with van der Waals surface area (Å²) in [6, 6.07) is 12.6.